The van der Waals surface area contributed by atoms with Gasteiger partial charge in [0.2, 0.25) is 0 Å². The number of carbonyl (C=O) groups is 2. The number of nitrogens with two attached hydrogens (primary N) is 1. The number of carbonyl (C=O) groups excluding carboxylic acids is 2. The van der Waals surface area contributed by atoms with Gasteiger partial charge in [0.25, 0.3) is 0 Å². The Labute approximate surface area is 164 Å². The van der Waals surface area contributed by atoms with Crippen molar-refractivity contribution in [2.24, 2.45) is 16.6 Å². The first-order chi connectivity index (χ1) is 13.4. The van der Waals surface area contributed by atoms with E-state index in [4.69, 9.17) is 15.2 Å². The summed E-state index contributed by atoms with van der Waals surface area (Å²) in [6.07, 6.45) is 1.32. The Kier molecular flexibility index (Phi) is 9.73. The number of ether oxygens (including phenoxy) is 2. The number of imidazole rings is 1. The van der Waals surface area contributed by atoms with Crippen LogP contribution in [0.15, 0.2) is 11.3 Å². The highest BCUT2D eigenvalue weighted by Gasteiger charge is 2.44. The maximum Gasteiger partial charge on any atom is 0.196 e. The third-order valence-electron chi connectivity index (χ3n) is 4.02. The minimum absolute atomic E-state index is 0.193. The molecule has 0 bridgehead atoms. The first kappa shape index (κ1) is 23.7. The number of aldehydes is 2. The van der Waals surface area contributed by atoms with Gasteiger partial charge in [0, 0.05) is 27.1 Å². The Bertz CT molecular complexity index is 662. The molecule has 1 aliphatic heterocycles. The molecule has 0 spiro atoms. The third kappa shape index (κ3) is 5.58. The van der Waals surface area contributed by atoms with Crippen LogP contribution < -0.4 is 16.4 Å². The molecule has 5 N–H and O–H groups in total. The maximum absolute atomic E-state index is 11.2. The van der Waals surface area contributed by atoms with Crippen molar-refractivity contribution in [1.82, 2.24) is 14.9 Å². The van der Waals surface area contributed by atoms with Gasteiger partial charge in [-0.1, -0.05) is 13.8 Å². The number of hydrogen-bond acceptors (Lipinski definition) is 8. The summed E-state index contributed by atoms with van der Waals surface area (Å²) in [6.45, 7) is 3.49. The van der Waals surface area contributed by atoms with Gasteiger partial charge in [0.15, 0.2) is 18.5 Å². The number of aliphatic imine (C=N–C) groups is 1. The number of anilines is 1. The van der Waals surface area contributed by atoms with Crippen molar-refractivity contribution in [3.63, 3.8) is 0 Å². The van der Waals surface area contributed by atoms with Crippen LogP contribution in [0.2, 0.25) is 0 Å². The summed E-state index contributed by atoms with van der Waals surface area (Å²) >= 11 is 0. The Hall–Kier alpha value is -2.34. The molecule has 4 unspecified atom stereocenters. The molecule has 158 valence electrons. The van der Waals surface area contributed by atoms with Crippen LogP contribution in [-0.4, -0.2) is 79.3 Å². The van der Waals surface area contributed by atoms with E-state index in [0.717, 1.165) is 6.29 Å². The van der Waals surface area contributed by atoms with Gasteiger partial charge >= 0.3 is 0 Å². The lowest BCUT2D eigenvalue weighted by Crippen LogP contribution is -2.41. The molecular formula is C17H30N6O5. The lowest BCUT2D eigenvalue weighted by Gasteiger charge is -2.21. The highest BCUT2D eigenvalue weighted by atomic mass is 16.6. The van der Waals surface area contributed by atoms with Gasteiger partial charge in [-0.3, -0.25) is 14.4 Å². The second kappa shape index (κ2) is 11.5. The van der Waals surface area contributed by atoms with Crippen LogP contribution >= 0.6 is 0 Å². The first-order valence-corrected chi connectivity index (χ1v) is 8.81. The number of rotatable bonds is 6. The fraction of sp³-hybridized carbons (Fsp3) is 0.647. The molecule has 1 fully saturated rings. The Morgan fingerprint density at radius 1 is 1.54 bits per heavy atom. The van der Waals surface area contributed by atoms with E-state index in [9.17, 15) is 14.7 Å². The van der Waals surface area contributed by atoms with Crippen LogP contribution in [0.4, 0.5) is 5.82 Å². The van der Waals surface area contributed by atoms with Crippen molar-refractivity contribution in [2.75, 3.05) is 33.1 Å². The number of aromatic nitrogens is 2. The Balaban J connectivity index is 0.000000696. The molecular weight excluding hydrogens is 368 g/mol. The number of nitrogens with one attached hydrogen (secondary N) is 2. The zero-order valence-corrected chi connectivity index (χ0v) is 16.8. The first-order valence-electron chi connectivity index (χ1n) is 8.81. The van der Waals surface area contributed by atoms with Gasteiger partial charge < -0.3 is 35.7 Å². The number of aliphatic hydroxyl groups is 1. The van der Waals surface area contributed by atoms with Crippen molar-refractivity contribution in [1.29, 1.82) is 0 Å². The van der Waals surface area contributed by atoms with E-state index >= 15 is 0 Å². The normalized spacial score (nSPS) is 24.5. The van der Waals surface area contributed by atoms with Gasteiger partial charge in [0.05, 0.1) is 19.0 Å². The summed E-state index contributed by atoms with van der Waals surface area (Å²) in [5, 5.41) is 15.2. The summed E-state index contributed by atoms with van der Waals surface area (Å²) in [4.78, 5) is 28.8. The molecule has 1 aromatic heterocycles. The lowest BCUT2D eigenvalue weighted by atomic mass is 10.1. The van der Waals surface area contributed by atoms with Crippen LogP contribution in [-0.2, 0) is 14.3 Å². The molecule has 4 atom stereocenters. The minimum Gasteiger partial charge on any atom is -0.394 e. The molecule has 1 aromatic rings. The van der Waals surface area contributed by atoms with Gasteiger partial charge in [0.1, 0.15) is 30.0 Å². The van der Waals surface area contributed by atoms with Crippen molar-refractivity contribution in [3.8, 4) is 0 Å². The number of methoxy groups -OCH3 is 1. The molecule has 2 heterocycles. The second-order valence-corrected chi connectivity index (χ2v) is 6.36. The zero-order valence-electron chi connectivity index (χ0n) is 16.8. The maximum atomic E-state index is 11.2. The summed E-state index contributed by atoms with van der Waals surface area (Å²) in [5.74, 6) is 1.04. The fourth-order valence-corrected chi connectivity index (χ4v) is 2.59. The molecule has 0 aromatic carbocycles. The Morgan fingerprint density at radius 2 is 2.18 bits per heavy atom. The largest absolute Gasteiger partial charge is 0.394 e. The number of nitrogens with zero attached hydrogens (tertiary/aromatic N) is 3. The predicted octanol–water partition coefficient (Wildman–Crippen LogP) is -0.614. The van der Waals surface area contributed by atoms with E-state index < -0.39 is 24.5 Å². The number of aliphatic hydroxyl groups excluding tert-OH is 1. The van der Waals surface area contributed by atoms with Crippen molar-refractivity contribution >= 4 is 24.3 Å². The third-order valence-corrected chi connectivity index (χ3v) is 4.02. The molecule has 0 saturated carbocycles. The highest BCUT2D eigenvalue weighted by molar-refractivity contribution is 5.96. The minimum atomic E-state index is -0.643. The number of guanidine groups is 1. The van der Waals surface area contributed by atoms with Crippen LogP contribution in [0.3, 0.4) is 0 Å². The van der Waals surface area contributed by atoms with Crippen molar-refractivity contribution in [3.05, 3.63) is 12.0 Å². The quantitative estimate of drug-likeness (QED) is 0.279. The summed E-state index contributed by atoms with van der Waals surface area (Å²) < 4.78 is 12.7. The second-order valence-electron chi connectivity index (χ2n) is 6.36. The molecule has 1 aliphatic rings. The van der Waals surface area contributed by atoms with E-state index in [1.54, 1.807) is 18.7 Å². The Morgan fingerprint density at radius 3 is 2.57 bits per heavy atom. The molecule has 11 nitrogen and oxygen atoms in total. The van der Waals surface area contributed by atoms with E-state index in [2.05, 4.69) is 20.6 Å². The standard InChI is InChI=1S/C13H22N6O4.C4H8O/c1-15-13(16-2)18-11-7(4-20)17-6-19(11)12-9(14)10(22-3)8(5-21)23-12;1-4(2)3-5/h4,6,8-10,12,21H,5,14H2,1-3H3,(H2,15,16,18);3-4H,1-2H3. The lowest BCUT2D eigenvalue weighted by molar-refractivity contribution is -0.110. The molecule has 0 amide bonds. The number of hydrogen-bond donors (Lipinski definition) is 4. The average Bonchev–Trinajstić information content (AvgIpc) is 3.25. The van der Waals surface area contributed by atoms with Gasteiger partial charge in [-0.05, 0) is 0 Å². The predicted molar refractivity (Wildman–Crippen MR) is 104 cm³/mol. The SMILES string of the molecule is CC(C)C=O.CN=C(NC)Nc1c(C=O)ncn1C1OC(CO)C(OC)C1N. The van der Waals surface area contributed by atoms with Crippen molar-refractivity contribution in [2.45, 2.75) is 38.3 Å². The monoisotopic (exact) mass is 398 g/mol. The van der Waals surface area contributed by atoms with Gasteiger partial charge in [-0.25, -0.2) is 4.98 Å². The molecule has 28 heavy (non-hydrogen) atoms. The molecule has 11 heteroatoms. The van der Waals surface area contributed by atoms with E-state index in [-0.39, 0.29) is 18.2 Å². The van der Waals surface area contributed by atoms with Crippen LogP contribution in [0.25, 0.3) is 0 Å². The fourth-order valence-electron chi connectivity index (χ4n) is 2.59. The average molecular weight is 398 g/mol. The topological polar surface area (TPSA) is 153 Å². The van der Waals surface area contributed by atoms with Crippen LogP contribution in [0, 0.1) is 5.92 Å². The summed E-state index contributed by atoms with van der Waals surface area (Å²) in [7, 11) is 4.80. The molecule has 2 rings (SSSR count). The summed E-state index contributed by atoms with van der Waals surface area (Å²) in [5.41, 5.74) is 6.37. The van der Waals surface area contributed by atoms with E-state index in [1.807, 2.05) is 13.8 Å². The van der Waals surface area contributed by atoms with Crippen LogP contribution in [0.5, 0.6) is 0 Å². The van der Waals surface area contributed by atoms with Gasteiger partial charge in [-0.2, -0.15) is 0 Å². The summed E-state index contributed by atoms with van der Waals surface area (Å²) in [6, 6.07) is -0.539. The van der Waals surface area contributed by atoms with E-state index in [0.29, 0.717) is 18.1 Å². The highest BCUT2D eigenvalue weighted by Crippen LogP contribution is 2.32. The zero-order chi connectivity index (χ0) is 21.3. The van der Waals surface area contributed by atoms with Crippen molar-refractivity contribution < 1.29 is 24.2 Å². The van der Waals surface area contributed by atoms with Crippen LogP contribution in [0.1, 0.15) is 30.6 Å². The smallest absolute Gasteiger partial charge is 0.196 e. The van der Waals surface area contributed by atoms with E-state index in [1.165, 1.54) is 13.4 Å². The molecule has 0 aliphatic carbocycles. The molecule has 0 radical (unpaired) electrons. The van der Waals surface area contributed by atoms with Gasteiger partial charge in [-0.15, -0.1) is 0 Å². The molecule has 1 saturated heterocycles.